The highest BCUT2D eigenvalue weighted by atomic mass is 16.6. The molecule has 1 aliphatic heterocycles. The lowest BCUT2D eigenvalue weighted by Crippen LogP contribution is -2.43. The molecule has 0 unspecified atom stereocenters. The molecule has 0 aliphatic carbocycles. The van der Waals surface area contributed by atoms with Gasteiger partial charge in [-0.05, 0) is 46.1 Å². The van der Waals surface area contributed by atoms with Crippen LogP contribution in [0.25, 0.3) is 11.3 Å². The molecule has 1 aromatic carbocycles. The minimum atomic E-state index is -0.493. The summed E-state index contributed by atoms with van der Waals surface area (Å²) in [5, 5.41) is 0. The van der Waals surface area contributed by atoms with Gasteiger partial charge in [0, 0.05) is 24.8 Å². The van der Waals surface area contributed by atoms with Crippen molar-refractivity contribution >= 4 is 6.09 Å². The second kappa shape index (κ2) is 7.02. The summed E-state index contributed by atoms with van der Waals surface area (Å²) in [6.07, 6.45) is 1.21. The van der Waals surface area contributed by atoms with Crippen molar-refractivity contribution in [2.24, 2.45) is 0 Å². The number of amides is 1. The Balaban J connectivity index is 1.74. The number of piperidine rings is 1. The molecule has 1 saturated heterocycles. The number of H-pyrrole nitrogens is 1. The van der Waals surface area contributed by atoms with Crippen molar-refractivity contribution < 1.29 is 9.53 Å². The fraction of sp³-hybridized carbons (Fsp3) is 0.500. The quantitative estimate of drug-likeness (QED) is 0.891. The Morgan fingerprint density at radius 1 is 1.15 bits per heavy atom. The van der Waals surface area contributed by atoms with Crippen molar-refractivity contribution in [1.82, 2.24) is 14.5 Å². The molecular formula is C20H27N3O3. The molecule has 26 heavy (non-hydrogen) atoms. The molecule has 1 amide bonds. The van der Waals surface area contributed by atoms with Gasteiger partial charge in [-0.15, -0.1) is 0 Å². The molecule has 6 heteroatoms. The third-order valence-corrected chi connectivity index (χ3v) is 4.72. The van der Waals surface area contributed by atoms with Crippen LogP contribution in [0.4, 0.5) is 4.79 Å². The molecular weight excluding hydrogens is 330 g/mol. The third-order valence-electron chi connectivity index (χ3n) is 4.72. The van der Waals surface area contributed by atoms with Gasteiger partial charge in [-0.1, -0.05) is 30.3 Å². The second-order valence-electron chi connectivity index (χ2n) is 7.83. The van der Waals surface area contributed by atoms with E-state index in [1.165, 1.54) is 0 Å². The SMILES string of the molecule is Cc1c(-c2ccccc2)[nH]c(=O)n1C1CCN(C(=O)OC(C)(C)C)CC1. The van der Waals surface area contributed by atoms with Gasteiger partial charge in [-0.3, -0.25) is 4.57 Å². The van der Waals surface area contributed by atoms with E-state index in [2.05, 4.69) is 4.98 Å². The van der Waals surface area contributed by atoms with E-state index in [0.29, 0.717) is 13.1 Å². The first-order valence-corrected chi connectivity index (χ1v) is 9.11. The highest BCUT2D eigenvalue weighted by Crippen LogP contribution is 2.27. The minimum absolute atomic E-state index is 0.0860. The molecule has 2 heterocycles. The van der Waals surface area contributed by atoms with Crippen LogP contribution in [0.15, 0.2) is 35.1 Å². The highest BCUT2D eigenvalue weighted by Gasteiger charge is 2.29. The van der Waals surface area contributed by atoms with Crippen molar-refractivity contribution in [3.05, 3.63) is 46.5 Å². The number of ether oxygens (including phenoxy) is 1. The zero-order valence-electron chi connectivity index (χ0n) is 15.9. The Morgan fingerprint density at radius 3 is 2.35 bits per heavy atom. The Morgan fingerprint density at radius 2 is 1.77 bits per heavy atom. The molecule has 1 aliphatic rings. The van der Waals surface area contributed by atoms with Gasteiger partial charge >= 0.3 is 11.8 Å². The van der Waals surface area contributed by atoms with Gasteiger partial charge in [0.1, 0.15) is 5.60 Å². The van der Waals surface area contributed by atoms with Crippen LogP contribution < -0.4 is 5.69 Å². The van der Waals surface area contributed by atoms with E-state index in [1.54, 1.807) is 4.90 Å². The summed E-state index contributed by atoms with van der Waals surface area (Å²) >= 11 is 0. The Labute approximate surface area is 153 Å². The summed E-state index contributed by atoms with van der Waals surface area (Å²) in [7, 11) is 0. The van der Waals surface area contributed by atoms with Crippen molar-refractivity contribution in [2.75, 3.05) is 13.1 Å². The maximum Gasteiger partial charge on any atom is 0.410 e. The molecule has 0 bridgehead atoms. The fourth-order valence-corrected chi connectivity index (χ4v) is 3.49. The number of hydrogen-bond donors (Lipinski definition) is 1. The molecule has 1 fully saturated rings. The number of likely N-dealkylation sites (tertiary alicyclic amines) is 1. The number of benzene rings is 1. The van der Waals surface area contributed by atoms with Gasteiger partial charge in [0.25, 0.3) is 0 Å². The molecule has 1 aromatic heterocycles. The van der Waals surface area contributed by atoms with E-state index in [0.717, 1.165) is 29.8 Å². The first-order chi connectivity index (χ1) is 12.3. The maximum atomic E-state index is 12.5. The zero-order valence-corrected chi connectivity index (χ0v) is 15.9. The number of nitrogens with zero attached hydrogens (tertiary/aromatic N) is 2. The molecule has 0 spiro atoms. The van der Waals surface area contributed by atoms with Gasteiger partial charge in [0.05, 0.1) is 5.69 Å². The van der Waals surface area contributed by atoms with Crippen molar-refractivity contribution in [2.45, 2.75) is 52.2 Å². The van der Waals surface area contributed by atoms with E-state index < -0.39 is 5.60 Å². The largest absolute Gasteiger partial charge is 0.444 e. The Hall–Kier alpha value is -2.50. The first-order valence-electron chi connectivity index (χ1n) is 9.11. The third kappa shape index (κ3) is 3.84. The lowest BCUT2D eigenvalue weighted by molar-refractivity contribution is 0.0187. The minimum Gasteiger partial charge on any atom is -0.444 e. The van der Waals surface area contributed by atoms with Crippen LogP contribution >= 0.6 is 0 Å². The topological polar surface area (TPSA) is 67.3 Å². The van der Waals surface area contributed by atoms with Crippen LogP contribution in [0.3, 0.4) is 0 Å². The molecule has 6 nitrogen and oxygen atoms in total. The summed E-state index contributed by atoms with van der Waals surface area (Å²) < 4.78 is 7.28. The van der Waals surface area contributed by atoms with Crippen molar-refractivity contribution in [3.8, 4) is 11.3 Å². The van der Waals surface area contributed by atoms with Crippen molar-refractivity contribution in [3.63, 3.8) is 0 Å². The standard InChI is InChI=1S/C20H27N3O3/c1-14-17(15-8-6-5-7-9-15)21-18(24)23(14)16-10-12-22(13-11-16)19(25)26-20(2,3)4/h5-9,16H,10-13H2,1-4H3,(H,21,24). The van der Waals surface area contributed by atoms with Gasteiger partial charge in [0.2, 0.25) is 0 Å². The Kier molecular flexibility index (Phi) is 4.94. The lowest BCUT2D eigenvalue weighted by atomic mass is 10.0. The predicted molar refractivity (Wildman–Crippen MR) is 101 cm³/mol. The zero-order chi connectivity index (χ0) is 18.9. The average molecular weight is 357 g/mol. The van der Waals surface area contributed by atoms with Gasteiger partial charge in [-0.25, -0.2) is 9.59 Å². The number of carbonyl (C=O) groups excluding carboxylic acids is 1. The van der Waals surface area contributed by atoms with Crippen LogP contribution in [0.5, 0.6) is 0 Å². The number of nitrogens with one attached hydrogen (secondary N) is 1. The average Bonchev–Trinajstić information content (AvgIpc) is 2.89. The normalized spacial score (nSPS) is 15.9. The van der Waals surface area contributed by atoms with Crippen molar-refractivity contribution in [1.29, 1.82) is 0 Å². The second-order valence-corrected chi connectivity index (χ2v) is 7.83. The van der Waals surface area contributed by atoms with Gasteiger partial charge < -0.3 is 14.6 Å². The number of aromatic nitrogens is 2. The monoisotopic (exact) mass is 357 g/mol. The van der Waals surface area contributed by atoms with Crippen LogP contribution in [-0.2, 0) is 4.74 Å². The maximum absolute atomic E-state index is 12.5. The molecule has 1 N–H and O–H groups in total. The summed E-state index contributed by atoms with van der Waals surface area (Å²) in [4.78, 5) is 29.5. The molecule has 2 aromatic rings. The van der Waals surface area contributed by atoms with E-state index in [1.807, 2.05) is 62.6 Å². The number of carbonyl (C=O) groups is 1. The Bertz CT molecular complexity index is 822. The number of imidazole rings is 1. The number of hydrogen-bond acceptors (Lipinski definition) is 3. The van der Waals surface area contributed by atoms with Crippen LogP contribution in [0.1, 0.15) is 45.3 Å². The molecule has 140 valence electrons. The first kappa shape index (κ1) is 18.3. The fourth-order valence-electron chi connectivity index (χ4n) is 3.49. The predicted octanol–water partition coefficient (Wildman–Crippen LogP) is 3.72. The molecule has 3 rings (SSSR count). The lowest BCUT2D eigenvalue weighted by Gasteiger charge is -2.34. The van der Waals surface area contributed by atoms with E-state index in [4.69, 9.17) is 4.74 Å². The van der Waals surface area contributed by atoms with E-state index >= 15 is 0 Å². The molecule has 0 radical (unpaired) electrons. The van der Waals surface area contributed by atoms with E-state index in [9.17, 15) is 9.59 Å². The molecule has 0 atom stereocenters. The van der Waals surface area contributed by atoms with Gasteiger partial charge in [0.15, 0.2) is 0 Å². The van der Waals surface area contributed by atoms with Crippen LogP contribution in [0.2, 0.25) is 0 Å². The summed E-state index contributed by atoms with van der Waals surface area (Å²) in [5.74, 6) is 0. The number of rotatable bonds is 2. The van der Waals surface area contributed by atoms with E-state index in [-0.39, 0.29) is 17.8 Å². The smallest absolute Gasteiger partial charge is 0.410 e. The molecule has 0 saturated carbocycles. The summed E-state index contributed by atoms with van der Waals surface area (Å²) in [6, 6.07) is 9.96. The summed E-state index contributed by atoms with van der Waals surface area (Å²) in [6.45, 7) is 8.76. The van der Waals surface area contributed by atoms with Crippen LogP contribution in [0, 0.1) is 6.92 Å². The van der Waals surface area contributed by atoms with Crippen LogP contribution in [-0.4, -0.2) is 39.2 Å². The van der Waals surface area contributed by atoms with Gasteiger partial charge in [-0.2, -0.15) is 0 Å². The highest BCUT2D eigenvalue weighted by molar-refractivity contribution is 5.68. The summed E-state index contributed by atoms with van der Waals surface area (Å²) in [5.41, 5.74) is 2.23. The number of aromatic amines is 1.